The van der Waals surface area contributed by atoms with E-state index in [4.69, 9.17) is 0 Å². The van der Waals surface area contributed by atoms with Crippen LogP contribution in [0.15, 0.2) is 89.8 Å². The highest BCUT2D eigenvalue weighted by Gasteiger charge is 2.37. The molecule has 1 N–H and O–H groups in total. The van der Waals surface area contributed by atoms with Crippen LogP contribution in [0.1, 0.15) is 35.1 Å². The number of benzene rings is 3. The maximum Gasteiger partial charge on any atom is 0.123 e. The summed E-state index contributed by atoms with van der Waals surface area (Å²) in [6, 6.07) is 24.5. The van der Waals surface area contributed by atoms with E-state index in [1.165, 1.54) is 27.8 Å². The molecule has 28 heavy (non-hydrogen) atoms. The Kier molecular flexibility index (Phi) is 4.69. The zero-order valence-electron chi connectivity index (χ0n) is 15.5. The van der Waals surface area contributed by atoms with Crippen LogP contribution in [0.5, 0.6) is 0 Å². The number of hydrogen-bond acceptors (Lipinski definition) is 2. The lowest BCUT2D eigenvalue weighted by atomic mass is 9.76. The maximum absolute atomic E-state index is 13.8. The molecule has 0 bridgehead atoms. The van der Waals surface area contributed by atoms with Gasteiger partial charge in [-0.1, -0.05) is 54.6 Å². The van der Waals surface area contributed by atoms with Gasteiger partial charge in [0.25, 0.3) is 0 Å². The normalized spacial score (nSPS) is 22.4. The molecule has 0 spiro atoms. The summed E-state index contributed by atoms with van der Waals surface area (Å²) in [5, 5.41) is 3.70. The van der Waals surface area contributed by atoms with E-state index in [1.54, 1.807) is 6.07 Å². The molecule has 0 amide bonds. The van der Waals surface area contributed by atoms with Crippen LogP contribution in [-0.4, -0.2) is 0 Å². The fourth-order valence-corrected chi connectivity index (χ4v) is 5.31. The van der Waals surface area contributed by atoms with Gasteiger partial charge < -0.3 is 5.32 Å². The molecular formula is C25H22FNS. The summed E-state index contributed by atoms with van der Waals surface area (Å²) >= 11 is 1.87. The predicted molar refractivity (Wildman–Crippen MR) is 115 cm³/mol. The summed E-state index contributed by atoms with van der Waals surface area (Å²) in [6.45, 7) is 0. The first-order valence-electron chi connectivity index (χ1n) is 9.77. The van der Waals surface area contributed by atoms with Crippen molar-refractivity contribution in [1.82, 2.24) is 0 Å². The third-order valence-electron chi connectivity index (χ3n) is 5.78. The third kappa shape index (κ3) is 3.35. The van der Waals surface area contributed by atoms with Crippen molar-refractivity contribution in [3.05, 3.63) is 107 Å². The minimum Gasteiger partial charge on any atom is -0.378 e. The van der Waals surface area contributed by atoms with Crippen LogP contribution in [-0.2, 0) is 5.75 Å². The molecule has 1 nitrogen and oxygen atoms in total. The summed E-state index contributed by atoms with van der Waals surface area (Å²) in [7, 11) is 0. The number of nitrogens with one attached hydrogen (secondary N) is 1. The Morgan fingerprint density at radius 2 is 1.86 bits per heavy atom. The largest absolute Gasteiger partial charge is 0.378 e. The van der Waals surface area contributed by atoms with Crippen LogP contribution < -0.4 is 5.32 Å². The van der Waals surface area contributed by atoms with Gasteiger partial charge in [0.15, 0.2) is 0 Å². The molecule has 0 aromatic heterocycles. The van der Waals surface area contributed by atoms with Crippen molar-refractivity contribution in [2.75, 3.05) is 5.32 Å². The number of rotatable bonds is 4. The van der Waals surface area contributed by atoms with Gasteiger partial charge in [-0.2, -0.15) is 0 Å². The molecule has 1 aliphatic heterocycles. The summed E-state index contributed by atoms with van der Waals surface area (Å²) in [5.41, 5.74) is 4.93. The van der Waals surface area contributed by atoms with Crippen LogP contribution >= 0.6 is 11.8 Å². The summed E-state index contributed by atoms with van der Waals surface area (Å²) in [6.07, 6.45) is 5.65. The summed E-state index contributed by atoms with van der Waals surface area (Å²) in [4.78, 5) is 1.29. The van der Waals surface area contributed by atoms with E-state index in [9.17, 15) is 4.39 Å². The minimum absolute atomic E-state index is 0.146. The lowest BCUT2D eigenvalue weighted by Crippen LogP contribution is -2.29. The predicted octanol–water partition coefficient (Wildman–Crippen LogP) is 6.94. The van der Waals surface area contributed by atoms with E-state index >= 15 is 0 Å². The number of allylic oxidation sites excluding steroid dienone is 2. The quantitative estimate of drug-likeness (QED) is 0.384. The number of fused-ring (bicyclic) bond motifs is 3. The second-order valence-electron chi connectivity index (χ2n) is 7.55. The minimum atomic E-state index is -0.166. The van der Waals surface area contributed by atoms with Gasteiger partial charge >= 0.3 is 0 Å². The fraction of sp³-hybridized carbons (Fsp3) is 0.200. The second-order valence-corrected chi connectivity index (χ2v) is 8.60. The fourth-order valence-electron chi connectivity index (χ4n) is 4.45. The molecule has 0 fully saturated rings. The van der Waals surface area contributed by atoms with Crippen molar-refractivity contribution in [2.24, 2.45) is 5.92 Å². The molecule has 3 heteroatoms. The monoisotopic (exact) mass is 387 g/mol. The lowest BCUT2D eigenvalue weighted by Gasteiger charge is -2.37. The Hall–Kier alpha value is -2.52. The van der Waals surface area contributed by atoms with Gasteiger partial charge in [0.2, 0.25) is 0 Å². The molecule has 2 aliphatic rings. The van der Waals surface area contributed by atoms with E-state index in [0.29, 0.717) is 11.8 Å². The molecule has 0 saturated carbocycles. The molecule has 3 aromatic rings. The van der Waals surface area contributed by atoms with E-state index in [2.05, 4.69) is 66.0 Å². The first kappa shape index (κ1) is 17.6. The maximum atomic E-state index is 13.8. The van der Waals surface area contributed by atoms with Gasteiger partial charge in [0.1, 0.15) is 5.82 Å². The number of anilines is 1. The highest BCUT2D eigenvalue weighted by atomic mass is 32.2. The molecule has 1 heterocycles. The Morgan fingerprint density at radius 1 is 0.964 bits per heavy atom. The third-order valence-corrected chi connectivity index (χ3v) is 6.87. The van der Waals surface area contributed by atoms with Crippen LogP contribution in [0.2, 0.25) is 0 Å². The van der Waals surface area contributed by atoms with Crippen LogP contribution in [0.4, 0.5) is 10.1 Å². The molecule has 3 aromatic carbocycles. The van der Waals surface area contributed by atoms with Crippen molar-refractivity contribution < 1.29 is 4.39 Å². The van der Waals surface area contributed by atoms with Gasteiger partial charge in [0, 0.05) is 22.3 Å². The van der Waals surface area contributed by atoms with Gasteiger partial charge in [-0.25, -0.2) is 4.39 Å². The van der Waals surface area contributed by atoms with Crippen molar-refractivity contribution >= 4 is 17.4 Å². The first-order valence-corrected chi connectivity index (χ1v) is 10.8. The van der Waals surface area contributed by atoms with Crippen molar-refractivity contribution in [3.8, 4) is 0 Å². The van der Waals surface area contributed by atoms with Gasteiger partial charge in [-0.05, 0) is 59.4 Å². The second kappa shape index (κ2) is 7.48. The van der Waals surface area contributed by atoms with Crippen molar-refractivity contribution in [3.63, 3.8) is 0 Å². The Balaban J connectivity index is 1.42. The number of thioether (sulfide) groups is 1. The molecular weight excluding hydrogens is 365 g/mol. The molecule has 140 valence electrons. The molecule has 0 saturated heterocycles. The molecule has 0 unspecified atom stereocenters. The zero-order valence-corrected chi connectivity index (χ0v) is 16.3. The Bertz CT molecular complexity index is 1010. The molecule has 0 radical (unpaired) electrons. The molecule has 5 rings (SSSR count). The van der Waals surface area contributed by atoms with E-state index < -0.39 is 0 Å². The topological polar surface area (TPSA) is 12.0 Å². The number of hydrogen-bond donors (Lipinski definition) is 1. The zero-order chi connectivity index (χ0) is 18.9. The van der Waals surface area contributed by atoms with Crippen LogP contribution in [0.3, 0.4) is 0 Å². The van der Waals surface area contributed by atoms with E-state index in [0.717, 1.165) is 17.7 Å². The Labute approximate surface area is 169 Å². The van der Waals surface area contributed by atoms with Crippen molar-refractivity contribution in [2.45, 2.75) is 29.0 Å². The summed E-state index contributed by atoms with van der Waals surface area (Å²) < 4.78 is 13.8. The lowest BCUT2D eigenvalue weighted by molar-refractivity contribution is 0.424. The average Bonchev–Trinajstić information content (AvgIpc) is 3.23. The van der Waals surface area contributed by atoms with Crippen molar-refractivity contribution in [1.29, 1.82) is 0 Å². The average molecular weight is 388 g/mol. The molecule has 3 atom stereocenters. The van der Waals surface area contributed by atoms with Gasteiger partial charge in [0.05, 0.1) is 6.04 Å². The summed E-state index contributed by atoms with van der Waals surface area (Å²) in [5.74, 6) is 1.63. The first-order chi connectivity index (χ1) is 13.8. The molecule has 1 aliphatic carbocycles. The standard InChI is InChI=1S/C25H22FNS/c26-19-7-4-6-18(15-19)25-22-11-5-10-21(22)23-14-17(12-13-24(23)27-25)16-28-20-8-2-1-3-9-20/h1-10,12-15,21-22,25,27H,11,16H2/t21-,22-,25+/m1/s1. The van der Waals surface area contributed by atoms with E-state index in [-0.39, 0.29) is 11.9 Å². The van der Waals surface area contributed by atoms with Crippen LogP contribution in [0, 0.1) is 11.7 Å². The van der Waals surface area contributed by atoms with Crippen LogP contribution in [0.25, 0.3) is 0 Å². The van der Waals surface area contributed by atoms with Gasteiger partial charge in [-0.15, -0.1) is 11.8 Å². The Morgan fingerprint density at radius 3 is 2.71 bits per heavy atom. The smallest absolute Gasteiger partial charge is 0.123 e. The van der Waals surface area contributed by atoms with E-state index in [1.807, 2.05) is 23.9 Å². The van der Waals surface area contributed by atoms with Gasteiger partial charge in [-0.3, -0.25) is 0 Å². The highest BCUT2D eigenvalue weighted by molar-refractivity contribution is 7.98. The number of halogens is 1. The SMILES string of the molecule is Fc1cccc([C@@H]2Nc3ccc(CSc4ccccc4)cc3[C@@H]3C=CC[C@H]32)c1. The highest BCUT2D eigenvalue weighted by Crippen LogP contribution is 2.50.